The van der Waals surface area contributed by atoms with E-state index in [0.717, 1.165) is 42.4 Å². The van der Waals surface area contributed by atoms with E-state index in [-0.39, 0.29) is 5.91 Å². The highest BCUT2D eigenvalue weighted by atomic mass is 16.1. The van der Waals surface area contributed by atoms with Gasteiger partial charge in [-0.25, -0.2) is 0 Å². The third-order valence-corrected chi connectivity index (χ3v) is 4.79. The Morgan fingerprint density at radius 2 is 2.04 bits per heavy atom. The number of hydrogen-bond acceptors (Lipinski definition) is 3. The van der Waals surface area contributed by atoms with E-state index < -0.39 is 0 Å². The zero-order valence-corrected chi connectivity index (χ0v) is 14.9. The van der Waals surface area contributed by atoms with Crippen LogP contribution in [-0.2, 0) is 11.8 Å². The summed E-state index contributed by atoms with van der Waals surface area (Å²) in [6.07, 6.45) is 7.09. The molecule has 0 unspecified atom stereocenters. The van der Waals surface area contributed by atoms with Gasteiger partial charge in [0.1, 0.15) is 0 Å². The fraction of sp³-hybridized carbons (Fsp3) is 0.667. The second-order valence-electron chi connectivity index (χ2n) is 6.71. The molecule has 1 fully saturated rings. The standard InChI is InChI=1S/C18H30N4O/c1-14-8-12-22(13-9-14)11-5-10-19-18(23)7-6-17-15(2)20-21(4)16(17)3/h6-7,14H,5,8-13H2,1-4H3,(H,19,23)/b7-6-. The zero-order valence-electron chi connectivity index (χ0n) is 14.9. The third-order valence-electron chi connectivity index (χ3n) is 4.79. The van der Waals surface area contributed by atoms with Crippen molar-refractivity contribution in [1.82, 2.24) is 20.0 Å². The maximum atomic E-state index is 11.9. The summed E-state index contributed by atoms with van der Waals surface area (Å²) < 4.78 is 1.84. The summed E-state index contributed by atoms with van der Waals surface area (Å²) in [4.78, 5) is 14.4. The number of carbonyl (C=O) groups excluding carboxylic acids is 1. The molecular weight excluding hydrogens is 288 g/mol. The number of likely N-dealkylation sites (tertiary alicyclic amines) is 1. The SMILES string of the molecule is Cc1nn(C)c(C)c1/C=C\C(=O)NCCCN1CCC(C)CC1. The highest BCUT2D eigenvalue weighted by Crippen LogP contribution is 2.15. The topological polar surface area (TPSA) is 50.2 Å². The quantitative estimate of drug-likeness (QED) is 0.647. The first-order valence-corrected chi connectivity index (χ1v) is 8.66. The average Bonchev–Trinajstić information content (AvgIpc) is 2.76. The minimum atomic E-state index is -0.0279. The van der Waals surface area contributed by atoms with Crippen LogP contribution in [0.25, 0.3) is 6.08 Å². The van der Waals surface area contributed by atoms with Gasteiger partial charge in [0.2, 0.25) is 5.91 Å². The van der Waals surface area contributed by atoms with E-state index in [9.17, 15) is 4.79 Å². The van der Waals surface area contributed by atoms with Gasteiger partial charge in [0.25, 0.3) is 0 Å². The molecule has 0 saturated carbocycles. The van der Waals surface area contributed by atoms with Crippen LogP contribution in [0.5, 0.6) is 0 Å². The van der Waals surface area contributed by atoms with Crippen LogP contribution >= 0.6 is 0 Å². The van der Waals surface area contributed by atoms with Crippen molar-refractivity contribution in [2.45, 2.75) is 40.0 Å². The predicted octanol–water partition coefficient (Wildman–Crippen LogP) is 2.29. The molecule has 2 heterocycles. The molecule has 0 atom stereocenters. The van der Waals surface area contributed by atoms with Gasteiger partial charge in [-0.2, -0.15) is 5.10 Å². The zero-order chi connectivity index (χ0) is 16.8. The van der Waals surface area contributed by atoms with E-state index in [1.165, 1.54) is 25.9 Å². The molecule has 1 aromatic rings. The Bertz CT molecular complexity index is 554. The number of aromatic nitrogens is 2. The van der Waals surface area contributed by atoms with Gasteiger partial charge < -0.3 is 10.2 Å². The fourth-order valence-corrected chi connectivity index (χ4v) is 3.05. The monoisotopic (exact) mass is 318 g/mol. The summed E-state index contributed by atoms with van der Waals surface area (Å²) in [6, 6.07) is 0. The number of nitrogens with one attached hydrogen (secondary N) is 1. The summed E-state index contributed by atoms with van der Waals surface area (Å²) >= 11 is 0. The van der Waals surface area contributed by atoms with Gasteiger partial charge in [-0.3, -0.25) is 9.48 Å². The number of carbonyl (C=O) groups is 1. The Hall–Kier alpha value is -1.62. The van der Waals surface area contributed by atoms with E-state index in [1.807, 2.05) is 31.7 Å². The lowest BCUT2D eigenvalue weighted by atomic mass is 9.99. The minimum absolute atomic E-state index is 0.0279. The lowest BCUT2D eigenvalue weighted by Gasteiger charge is -2.30. The molecule has 1 amide bonds. The highest BCUT2D eigenvalue weighted by molar-refractivity contribution is 5.91. The molecule has 0 bridgehead atoms. The van der Waals surface area contributed by atoms with Gasteiger partial charge in [0.05, 0.1) is 5.69 Å². The number of rotatable bonds is 6. The van der Waals surface area contributed by atoms with Crippen molar-refractivity contribution in [2.24, 2.45) is 13.0 Å². The maximum Gasteiger partial charge on any atom is 0.244 e. The smallest absolute Gasteiger partial charge is 0.244 e. The number of aryl methyl sites for hydroxylation is 2. The molecule has 5 heteroatoms. The van der Waals surface area contributed by atoms with Gasteiger partial charge >= 0.3 is 0 Å². The van der Waals surface area contributed by atoms with Crippen molar-refractivity contribution in [1.29, 1.82) is 0 Å². The van der Waals surface area contributed by atoms with Gasteiger partial charge in [0, 0.05) is 30.9 Å². The van der Waals surface area contributed by atoms with E-state index in [2.05, 4.69) is 22.2 Å². The Balaban J connectivity index is 1.68. The molecule has 1 N–H and O–H groups in total. The molecule has 2 rings (SSSR count). The molecule has 23 heavy (non-hydrogen) atoms. The molecule has 0 spiro atoms. The average molecular weight is 318 g/mol. The van der Waals surface area contributed by atoms with Crippen molar-refractivity contribution in [3.8, 4) is 0 Å². The van der Waals surface area contributed by atoms with Crippen LogP contribution in [-0.4, -0.2) is 46.8 Å². The highest BCUT2D eigenvalue weighted by Gasteiger charge is 2.14. The summed E-state index contributed by atoms with van der Waals surface area (Å²) in [5.41, 5.74) is 3.06. The van der Waals surface area contributed by atoms with E-state index >= 15 is 0 Å². The second kappa shape index (κ2) is 8.29. The molecular formula is C18H30N4O. The van der Waals surface area contributed by atoms with Crippen molar-refractivity contribution < 1.29 is 4.79 Å². The molecule has 0 radical (unpaired) electrons. The minimum Gasteiger partial charge on any atom is -0.353 e. The van der Waals surface area contributed by atoms with Crippen LogP contribution in [0.1, 0.15) is 43.1 Å². The van der Waals surface area contributed by atoms with Crippen LogP contribution in [0.3, 0.4) is 0 Å². The van der Waals surface area contributed by atoms with Gasteiger partial charge in [0.15, 0.2) is 0 Å². The fourth-order valence-electron chi connectivity index (χ4n) is 3.05. The lowest BCUT2D eigenvalue weighted by molar-refractivity contribution is -0.116. The number of amides is 1. The third kappa shape index (κ3) is 5.20. The predicted molar refractivity (Wildman–Crippen MR) is 94.2 cm³/mol. The molecule has 128 valence electrons. The van der Waals surface area contributed by atoms with Gasteiger partial charge in [-0.1, -0.05) is 6.92 Å². The van der Waals surface area contributed by atoms with Gasteiger partial charge in [-0.15, -0.1) is 0 Å². The summed E-state index contributed by atoms with van der Waals surface area (Å²) in [5.74, 6) is 0.843. The summed E-state index contributed by atoms with van der Waals surface area (Å²) in [5, 5.41) is 7.32. The first kappa shape index (κ1) is 17.7. The van der Waals surface area contributed by atoms with Crippen molar-refractivity contribution >= 4 is 12.0 Å². The van der Waals surface area contributed by atoms with Crippen LogP contribution in [0.2, 0.25) is 0 Å². The lowest BCUT2D eigenvalue weighted by Crippen LogP contribution is -2.35. The summed E-state index contributed by atoms with van der Waals surface area (Å²) in [6.45, 7) is 10.5. The molecule has 0 aromatic carbocycles. The van der Waals surface area contributed by atoms with Crippen LogP contribution in [0, 0.1) is 19.8 Å². The maximum absolute atomic E-state index is 11.9. The molecule has 5 nitrogen and oxygen atoms in total. The number of nitrogens with zero attached hydrogens (tertiary/aromatic N) is 3. The van der Waals surface area contributed by atoms with Gasteiger partial charge in [-0.05, 0) is 64.7 Å². The van der Waals surface area contributed by atoms with Crippen molar-refractivity contribution in [3.05, 3.63) is 23.0 Å². The summed E-state index contributed by atoms with van der Waals surface area (Å²) in [7, 11) is 1.92. The van der Waals surface area contributed by atoms with E-state index in [0.29, 0.717) is 0 Å². The molecule has 0 aliphatic carbocycles. The Kier molecular flexibility index (Phi) is 6.39. The van der Waals surface area contributed by atoms with Crippen molar-refractivity contribution in [3.63, 3.8) is 0 Å². The molecule has 1 saturated heterocycles. The molecule has 1 aromatic heterocycles. The Morgan fingerprint density at radius 1 is 1.35 bits per heavy atom. The first-order chi connectivity index (χ1) is 11.0. The normalized spacial score (nSPS) is 17.0. The first-order valence-electron chi connectivity index (χ1n) is 8.66. The van der Waals surface area contributed by atoms with E-state index in [1.54, 1.807) is 6.08 Å². The van der Waals surface area contributed by atoms with Crippen LogP contribution in [0.15, 0.2) is 6.08 Å². The van der Waals surface area contributed by atoms with Crippen molar-refractivity contribution in [2.75, 3.05) is 26.2 Å². The number of hydrogen-bond donors (Lipinski definition) is 1. The number of piperidine rings is 1. The molecule has 1 aliphatic rings. The van der Waals surface area contributed by atoms with E-state index in [4.69, 9.17) is 0 Å². The Labute approximate surface area is 139 Å². The van der Waals surface area contributed by atoms with Crippen LogP contribution < -0.4 is 5.32 Å². The Morgan fingerprint density at radius 3 is 2.65 bits per heavy atom. The largest absolute Gasteiger partial charge is 0.353 e. The molecule has 1 aliphatic heterocycles. The second-order valence-corrected chi connectivity index (χ2v) is 6.71. The van der Waals surface area contributed by atoms with Crippen LogP contribution in [0.4, 0.5) is 0 Å².